The highest BCUT2D eigenvalue weighted by atomic mass is 19.1. The lowest BCUT2D eigenvalue weighted by molar-refractivity contribution is 0.0602. The summed E-state index contributed by atoms with van der Waals surface area (Å²) in [7, 11) is 0. The fourth-order valence-electron chi connectivity index (χ4n) is 3.21. The van der Waals surface area contributed by atoms with Gasteiger partial charge in [0.2, 0.25) is 0 Å². The monoisotopic (exact) mass is 345 g/mol. The van der Waals surface area contributed by atoms with Gasteiger partial charge in [0.05, 0.1) is 5.69 Å². The molecule has 1 unspecified atom stereocenters. The molecule has 1 aromatic heterocycles. The number of piperidine rings is 1. The zero-order valence-electron chi connectivity index (χ0n) is 14.1. The predicted octanol–water partition coefficient (Wildman–Crippen LogP) is 4.51. The van der Waals surface area contributed by atoms with Crippen LogP contribution in [0.4, 0.5) is 20.2 Å². The third kappa shape index (κ3) is 3.95. The number of nitrogens with one attached hydrogen (secondary N) is 1. The van der Waals surface area contributed by atoms with E-state index < -0.39 is 11.6 Å². The molecule has 1 amide bonds. The molecule has 1 atom stereocenters. The molecular weight excluding hydrogens is 324 g/mol. The van der Waals surface area contributed by atoms with Crippen molar-refractivity contribution in [3.05, 3.63) is 53.9 Å². The maximum atomic E-state index is 13.8. The fourth-order valence-corrected chi connectivity index (χ4v) is 3.21. The van der Waals surface area contributed by atoms with Gasteiger partial charge in [-0.25, -0.2) is 8.78 Å². The highest BCUT2D eigenvalue weighted by molar-refractivity contribution is 5.93. The molecule has 2 aromatic rings. The molecule has 4 nitrogen and oxygen atoms in total. The number of likely N-dealkylation sites (tertiary alicyclic amines) is 1. The van der Waals surface area contributed by atoms with Crippen molar-refractivity contribution in [2.75, 3.05) is 11.9 Å². The van der Waals surface area contributed by atoms with Crippen LogP contribution in [0.1, 0.15) is 43.1 Å². The quantitative estimate of drug-likeness (QED) is 0.887. The van der Waals surface area contributed by atoms with Crippen molar-refractivity contribution in [2.45, 2.75) is 38.6 Å². The van der Waals surface area contributed by atoms with E-state index in [1.165, 1.54) is 18.3 Å². The molecule has 0 aliphatic carbocycles. The van der Waals surface area contributed by atoms with Crippen LogP contribution in [0.15, 0.2) is 36.5 Å². The van der Waals surface area contributed by atoms with Gasteiger partial charge in [-0.15, -0.1) is 0 Å². The average molecular weight is 345 g/mol. The van der Waals surface area contributed by atoms with Crippen molar-refractivity contribution in [3.63, 3.8) is 0 Å². The first-order valence-electron chi connectivity index (χ1n) is 8.57. The Balaban J connectivity index is 1.80. The van der Waals surface area contributed by atoms with E-state index in [2.05, 4.69) is 17.2 Å². The average Bonchev–Trinajstić information content (AvgIpc) is 2.63. The van der Waals surface area contributed by atoms with Crippen molar-refractivity contribution in [1.29, 1.82) is 0 Å². The first-order valence-corrected chi connectivity index (χ1v) is 8.57. The van der Waals surface area contributed by atoms with E-state index >= 15 is 0 Å². The minimum absolute atomic E-state index is 0.102. The first kappa shape index (κ1) is 17.3. The van der Waals surface area contributed by atoms with Gasteiger partial charge >= 0.3 is 0 Å². The van der Waals surface area contributed by atoms with Crippen LogP contribution in [-0.2, 0) is 0 Å². The van der Waals surface area contributed by atoms with Gasteiger partial charge in [-0.2, -0.15) is 0 Å². The molecule has 2 heterocycles. The molecule has 1 aromatic carbocycles. The van der Waals surface area contributed by atoms with Crippen LogP contribution in [0, 0.1) is 11.6 Å². The van der Waals surface area contributed by atoms with Crippen molar-refractivity contribution in [2.24, 2.45) is 0 Å². The van der Waals surface area contributed by atoms with E-state index in [0.717, 1.165) is 38.3 Å². The summed E-state index contributed by atoms with van der Waals surface area (Å²) in [4.78, 5) is 18.9. The van der Waals surface area contributed by atoms with Gasteiger partial charge in [0.1, 0.15) is 17.3 Å². The molecule has 1 saturated heterocycles. The van der Waals surface area contributed by atoms with Gasteiger partial charge in [-0.3, -0.25) is 9.78 Å². The second-order valence-electron chi connectivity index (χ2n) is 6.24. The number of aromatic nitrogens is 1. The Morgan fingerprint density at radius 2 is 2.12 bits per heavy atom. The fraction of sp³-hybridized carbons (Fsp3) is 0.368. The number of hydrogen-bond acceptors (Lipinski definition) is 3. The highest BCUT2D eigenvalue weighted by Gasteiger charge is 2.27. The van der Waals surface area contributed by atoms with Crippen molar-refractivity contribution in [1.82, 2.24) is 9.88 Å². The Kier molecular flexibility index (Phi) is 5.26. The molecule has 0 bridgehead atoms. The second kappa shape index (κ2) is 7.59. The number of halogens is 2. The second-order valence-corrected chi connectivity index (χ2v) is 6.24. The van der Waals surface area contributed by atoms with Crippen molar-refractivity contribution >= 4 is 17.3 Å². The zero-order chi connectivity index (χ0) is 17.8. The summed E-state index contributed by atoms with van der Waals surface area (Å²) in [6, 6.07) is 6.81. The molecule has 6 heteroatoms. The third-order valence-corrected chi connectivity index (χ3v) is 4.55. The van der Waals surface area contributed by atoms with E-state index in [1.807, 2.05) is 4.90 Å². The number of hydrogen-bond donors (Lipinski definition) is 1. The lowest BCUT2D eigenvalue weighted by Crippen LogP contribution is -2.43. The van der Waals surface area contributed by atoms with E-state index in [4.69, 9.17) is 0 Å². The molecule has 25 heavy (non-hydrogen) atoms. The molecule has 0 saturated carbocycles. The molecule has 1 fully saturated rings. The Morgan fingerprint density at radius 1 is 1.28 bits per heavy atom. The Labute approximate surface area is 145 Å². The van der Waals surface area contributed by atoms with Crippen molar-refractivity contribution < 1.29 is 13.6 Å². The van der Waals surface area contributed by atoms with Gasteiger partial charge in [0.25, 0.3) is 5.91 Å². The number of pyridine rings is 1. The number of carbonyl (C=O) groups excluding carboxylic acids is 1. The molecule has 0 spiro atoms. The molecule has 1 aliphatic heterocycles. The van der Waals surface area contributed by atoms with Gasteiger partial charge in [-0.1, -0.05) is 6.92 Å². The van der Waals surface area contributed by atoms with Gasteiger partial charge in [-0.05, 0) is 49.9 Å². The number of carbonyl (C=O) groups is 1. The van der Waals surface area contributed by atoms with Crippen LogP contribution in [0.5, 0.6) is 0 Å². The van der Waals surface area contributed by atoms with Gasteiger partial charge in [0.15, 0.2) is 0 Å². The number of amides is 1. The highest BCUT2D eigenvalue weighted by Crippen LogP contribution is 2.24. The Morgan fingerprint density at radius 3 is 2.88 bits per heavy atom. The summed E-state index contributed by atoms with van der Waals surface area (Å²) in [5.41, 5.74) is 1.01. The largest absolute Gasteiger partial charge is 0.353 e. The summed E-state index contributed by atoms with van der Waals surface area (Å²) in [6.07, 6.45) is 5.59. The van der Waals surface area contributed by atoms with E-state index in [-0.39, 0.29) is 17.6 Å². The summed E-state index contributed by atoms with van der Waals surface area (Å²) in [5.74, 6) is -1.43. The summed E-state index contributed by atoms with van der Waals surface area (Å²) in [5, 5.41) is 2.87. The van der Waals surface area contributed by atoms with Crippen LogP contribution in [0.3, 0.4) is 0 Å². The molecular formula is C19H21F2N3O. The maximum Gasteiger partial charge on any atom is 0.272 e. The lowest BCUT2D eigenvalue weighted by Gasteiger charge is -2.35. The number of benzene rings is 1. The Bertz CT molecular complexity index is 766. The lowest BCUT2D eigenvalue weighted by atomic mass is 9.99. The summed E-state index contributed by atoms with van der Waals surface area (Å²) < 4.78 is 26.8. The SMILES string of the molecule is CCC1CCCCN1C(=O)c1cc(Nc2ccc(F)cc2F)ccn1. The smallest absolute Gasteiger partial charge is 0.272 e. The molecule has 1 N–H and O–H groups in total. The topological polar surface area (TPSA) is 45.2 Å². The molecule has 0 radical (unpaired) electrons. The zero-order valence-corrected chi connectivity index (χ0v) is 14.1. The molecule has 1 aliphatic rings. The third-order valence-electron chi connectivity index (χ3n) is 4.55. The molecule has 3 rings (SSSR count). The summed E-state index contributed by atoms with van der Waals surface area (Å²) >= 11 is 0. The van der Waals surface area contributed by atoms with Crippen LogP contribution < -0.4 is 5.32 Å². The first-order chi connectivity index (χ1) is 12.1. The number of rotatable bonds is 4. The van der Waals surface area contributed by atoms with E-state index in [1.54, 1.807) is 12.1 Å². The van der Waals surface area contributed by atoms with Crippen LogP contribution in [0.2, 0.25) is 0 Å². The van der Waals surface area contributed by atoms with Crippen LogP contribution in [0.25, 0.3) is 0 Å². The maximum absolute atomic E-state index is 13.8. The number of nitrogens with zero attached hydrogens (tertiary/aromatic N) is 2. The predicted molar refractivity (Wildman–Crippen MR) is 92.8 cm³/mol. The Hall–Kier alpha value is -2.50. The normalized spacial score (nSPS) is 17.4. The summed E-state index contributed by atoms with van der Waals surface area (Å²) in [6.45, 7) is 2.82. The molecule has 132 valence electrons. The van der Waals surface area contributed by atoms with Crippen LogP contribution in [-0.4, -0.2) is 28.4 Å². The number of anilines is 2. The minimum Gasteiger partial charge on any atom is -0.353 e. The van der Waals surface area contributed by atoms with Gasteiger partial charge in [0, 0.05) is 30.5 Å². The minimum atomic E-state index is -0.688. The van der Waals surface area contributed by atoms with E-state index in [0.29, 0.717) is 11.4 Å². The van der Waals surface area contributed by atoms with Crippen LogP contribution >= 0.6 is 0 Å². The standard InChI is InChI=1S/C19H21F2N3O/c1-2-15-5-3-4-10-24(15)19(25)18-12-14(8-9-22-18)23-17-7-6-13(20)11-16(17)21/h6-9,11-12,15H,2-5,10H2,1H3,(H,22,23). The van der Waals surface area contributed by atoms with Gasteiger partial charge < -0.3 is 10.2 Å². The van der Waals surface area contributed by atoms with Crippen molar-refractivity contribution in [3.8, 4) is 0 Å². The van der Waals surface area contributed by atoms with E-state index in [9.17, 15) is 13.6 Å².